The van der Waals surface area contributed by atoms with Crippen LogP contribution in [-0.2, 0) is 5.41 Å². The van der Waals surface area contributed by atoms with Crippen LogP contribution in [0.25, 0.3) is 0 Å². The number of benzene rings is 1. The van der Waals surface area contributed by atoms with E-state index in [9.17, 15) is 4.79 Å². The molecule has 0 unspecified atom stereocenters. The standard InChI is InChI=1S/C19H22N4O/c1-20-18(24)14-5-4-10-21-17(14)23-11-8-19(9-12-23)13-22-16-7-3-2-6-15(16)19/h2-7,10,22H,8-9,11-13H2,1H3,(H,20,24). The summed E-state index contributed by atoms with van der Waals surface area (Å²) in [7, 11) is 1.66. The topological polar surface area (TPSA) is 57.3 Å². The SMILES string of the molecule is CNC(=O)c1cccnc1N1CCC2(CC1)CNc1ccccc12. The number of nitrogens with one attached hydrogen (secondary N) is 2. The quantitative estimate of drug-likeness (QED) is 0.891. The molecule has 2 aliphatic heterocycles. The first kappa shape index (κ1) is 15.0. The van der Waals surface area contributed by atoms with E-state index in [-0.39, 0.29) is 11.3 Å². The van der Waals surface area contributed by atoms with Crippen LogP contribution in [-0.4, -0.2) is 37.6 Å². The van der Waals surface area contributed by atoms with Crippen molar-refractivity contribution in [1.29, 1.82) is 0 Å². The highest BCUT2D eigenvalue weighted by Crippen LogP contribution is 2.44. The van der Waals surface area contributed by atoms with Crippen molar-refractivity contribution in [1.82, 2.24) is 10.3 Å². The van der Waals surface area contributed by atoms with Gasteiger partial charge in [-0.25, -0.2) is 4.98 Å². The van der Waals surface area contributed by atoms with Gasteiger partial charge in [0, 0.05) is 44.0 Å². The van der Waals surface area contributed by atoms with Crippen molar-refractivity contribution < 1.29 is 4.79 Å². The summed E-state index contributed by atoms with van der Waals surface area (Å²) in [4.78, 5) is 18.8. The number of hydrogen-bond donors (Lipinski definition) is 2. The third kappa shape index (κ3) is 2.31. The minimum Gasteiger partial charge on any atom is -0.384 e. The van der Waals surface area contributed by atoms with E-state index in [0.717, 1.165) is 38.3 Å². The number of hydrogen-bond acceptors (Lipinski definition) is 4. The van der Waals surface area contributed by atoms with Gasteiger partial charge in [0.2, 0.25) is 0 Å². The van der Waals surface area contributed by atoms with Crippen LogP contribution in [0.5, 0.6) is 0 Å². The average molecular weight is 322 g/mol. The molecule has 0 bridgehead atoms. The summed E-state index contributed by atoms with van der Waals surface area (Å²) in [6.07, 6.45) is 3.90. The molecule has 4 rings (SSSR count). The number of fused-ring (bicyclic) bond motifs is 2. The molecule has 1 fully saturated rings. The minimum atomic E-state index is -0.0775. The fourth-order valence-electron chi connectivity index (χ4n) is 4.01. The van der Waals surface area contributed by atoms with Gasteiger partial charge < -0.3 is 15.5 Å². The Bertz CT molecular complexity index is 765. The molecular weight excluding hydrogens is 300 g/mol. The molecule has 2 aromatic rings. The van der Waals surface area contributed by atoms with Gasteiger partial charge in [-0.3, -0.25) is 4.79 Å². The molecule has 3 heterocycles. The van der Waals surface area contributed by atoms with Crippen molar-refractivity contribution in [3.05, 3.63) is 53.7 Å². The third-order valence-electron chi connectivity index (χ3n) is 5.39. The van der Waals surface area contributed by atoms with Gasteiger partial charge in [-0.2, -0.15) is 0 Å². The maximum atomic E-state index is 12.1. The Morgan fingerprint density at radius 3 is 2.79 bits per heavy atom. The van der Waals surface area contributed by atoms with Crippen LogP contribution in [0.1, 0.15) is 28.8 Å². The minimum absolute atomic E-state index is 0.0775. The first-order valence-corrected chi connectivity index (χ1v) is 8.49. The first-order chi connectivity index (χ1) is 11.7. The second-order valence-electron chi connectivity index (χ2n) is 6.62. The lowest BCUT2D eigenvalue weighted by molar-refractivity contribution is 0.0963. The van der Waals surface area contributed by atoms with Crippen molar-refractivity contribution in [2.45, 2.75) is 18.3 Å². The molecule has 0 aliphatic carbocycles. The van der Waals surface area contributed by atoms with Gasteiger partial charge in [0.15, 0.2) is 0 Å². The number of amides is 1. The van der Waals surface area contributed by atoms with E-state index in [1.807, 2.05) is 12.1 Å². The van der Waals surface area contributed by atoms with Gasteiger partial charge in [-0.15, -0.1) is 0 Å². The number of pyridine rings is 1. The van der Waals surface area contributed by atoms with Crippen LogP contribution >= 0.6 is 0 Å². The molecule has 5 nitrogen and oxygen atoms in total. The number of aromatic nitrogens is 1. The van der Waals surface area contributed by atoms with E-state index in [2.05, 4.69) is 44.8 Å². The molecule has 124 valence electrons. The number of nitrogens with zero attached hydrogens (tertiary/aromatic N) is 2. The Hall–Kier alpha value is -2.56. The first-order valence-electron chi connectivity index (χ1n) is 8.49. The number of para-hydroxylation sites is 1. The Balaban J connectivity index is 1.57. The lowest BCUT2D eigenvalue weighted by atomic mass is 9.74. The van der Waals surface area contributed by atoms with Crippen LogP contribution in [0.4, 0.5) is 11.5 Å². The molecule has 2 N–H and O–H groups in total. The summed E-state index contributed by atoms with van der Waals surface area (Å²) in [6.45, 7) is 2.83. The molecule has 1 aromatic heterocycles. The number of rotatable bonds is 2. The van der Waals surface area contributed by atoms with Crippen LogP contribution in [0.2, 0.25) is 0 Å². The van der Waals surface area contributed by atoms with Crippen molar-refractivity contribution in [3.8, 4) is 0 Å². The fourth-order valence-corrected chi connectivity index (χ4v) is 4.01. The van der Waals surface area contributed by atoms with Gasteiger partial charge in [0.25, 0.3) is 5.91 Å². The van der Waals surface area contributed by atoms with Crippen LogP contribution in [0.3, 0.4) is 0 Å². The highest BCUT2D eigenvalue weighted by Gasteiger charge is 2.41. The van der Waals surface area contributed by atoms with E-state index in [1.54, 1.807) is 13.2 Å². The summed E-state index contributed by atoms with van der Waals surface area (Å²) in [5.41, 5.74) is 3.59. The fraction of sp³-hybridized carbons (Fsp3) is 0.368. The summed E-state index contributed by atoms with van der Waals surface area (Å²) >= 11 is 0. The van der Waals surface area contributed by atoms with E-state index in [0.29, 0.717) is 5.56 Å². The van der Waals surface area contributed by atoms with Gasteiger partial charge in [0.1, 0.15) is 5.82 Å². The summed E-state index contributed by atoms with van der Waals surface area (Å²) in [5, 5.41) is 6.26. The van der Waals surface area contributed by atoms with Gasteiger partial charge >= 0.3 is 0 Å². The second-order valence-corrected chi connectivity index (χ2v) is 6.62. The number of carbonyl (C=O) groups is 1. The molecule has 1 aromatic carbocycles. The Morgan fingerprint density at radius 2 is 2.00 bits per heavy atom. The monoisotopic (exact) mass is 322 g/mol. The molecule has 0 saturated carbocycles. The zero-order chi connectivity index (χ0) is 16.6. The lowest BCUT2D eigenvalue weighted by Crippen LogP contribution is -2.44. The second kappa shape index (κ2) is 5.82. The van der Waals surface area contributed by atoms with Crippen molar-refractivity contribution in [3.63, 3.8) is 0 Å². The molecule has 1 amide bonds. The molecule has 0 radical (unpaired) electrons. The largest absolute Gasteiger partial charge is 0.384 e. The van der Waals surface area contributed by atoms with Crippen LogP contribution < -0.4 is 15.5 Å². The van der Waals surface area contributed by atoms with Gasteiger partial charge in [-0.05, 0) is 36.6 Å². The third-order valence-corrected chi connectivity index (χ3v) is 5.39. The summed E-state index contributed by atoms with van der Waals surface area (Å²) < 4.78 is 0. The number of piperidine rings is 1. The number of carbonyl (C=O) groups excluding carboxylic acids is 1. The Labute approximate surface area is 142 Å². The average Bonchev–Trinajstić information content (AvgIpc) is 3.00. The van der Waals surface area contributed by atoms with Gasteiger partial charge in [-0.1, -0.05) is 18.2 Å². The lowest BCUT2D eigenvalue weighted by Gasteiger charge is -2.40. The maximum Gasteiger partial charge on any atom is 0.254 e. The molecule has 0 atom stereocenters. The summed E-state index contributed by atoms with van der Waals surface area (Å²) in [6, 6.07) is 12.3. The maximum absolute atomic E-state index is 12.1. The van der Waals surface area contributed by atoms with E-state index in [1.165, 1.54) is 11.3 Å². The van der Waals surface area contributed by atoms with Crippen LogP contribution in [0, 0.1) is 0 Å². The van der Waals surface area contributed by atoms with Crippen molar-refractivity contribution in [2.24, 2.45) is 0 Å². The van der Waals surface area contributed by atoms with Crippen molar-refractivity contribution >= 4 is 17.4 Å². The molecule has 24 heavy (non-hydrogen) atoms. The molecular formula is C19H22N4O. The Morgan fingerprint density at radius 1 is 1.21 bits per heavy atom. The van der Waals surface area contributed by atoms with Crippen molar-refractivity contribution in [2.75, 3.05) is 36.9 Å². The highest BCUT2D eigenvalue weighted by molar-refractivity contribution is 5.98. The van der Waals surface area contributed by atoms with Crippen LogP contribution in [0.15, 0.2) is 42.6 Å². The predicted molar refractivity (Wildman–Crippen MR) is 95.7 cm³/mol. The zero-order valence-corrected chi connectivity index (χ0v) is 13.9. The van der Waals surface area contributed by atoms with Gasteiger partial charge in [0.05, 0.1) is 5.56 Å². The van der Waals surface area contributed by atoms with E-state index >= 15 is 0 Å². The smallest absolute Gasteiger partial charge is 0.254 e. The predicted octanol–water partition coefficient (Wildman–Crippen LogP) is 2.40. The molecule has 5 heteroatoms. The Kier molecular flexibility index (Phi) is 3.63. The van der Waals surface area contributed by atoms with E-state index in [4.69, 9.17) is 0 Å². The summed E-state index contributed by atoms with van der Waals surface area (Å²) in [5.74, 6) is 0.720. The molecule has 1 spiro atoms. The molecule has 1 saturated heterocycles. The van der Waals surface area contributed by atoms with E-state index < -0.39 is 0 Å². The highest BCUT2D eigenvalue weighted by atomic mass is 16.1. The molecule has 2 aliphatic rings. The zero-order valence-electron chi connectivity index (χ0n) is 13.9. The number of anilines is 2. The normalized spacial score (nSPS) is 18.1.